The zero-order chi connectivity index (χ0) is 11.8. The first-order valence-corrected chi connectivity index (χ1v) is 6.26. The predicted octanol–water partition coefficient (Wildman–Crippen LogP) is 2.99. The van der Waals surface area contributed by atoms with Gasteiger partial charge in [0.15, 0.2) is 5.56 Å². The van der Waals surface area contributed by atoms with Gasteiger partial charge in [-0.25, -0.2) is 0 Å². The molecule has 0 aromatic heterocycles. The minimum absolute atomic E-state index is 0.492. The quantitative estimate of drug-likeness (QED) is 0.848. The van der Waals surface area contributed by atoms with Crippen LogP contribution in [0, 0.1) is 0 Å². The van der Waals surface area contributed by atoms with Crippen LogP contribution in [0.1, 0.15) is 24.5 Å². The van der Waals surface area contributed by atoms with Crippen molar-refractivity contribution in [3.63, 3.8) is 0 Å². The van der Waals surface area contributed by atoms with E-state index in [9.17, 15) is 0 Å². The zero-order valence-corrected chi connectivity index (χ0v) is 10.7. The molecule has 88 valence electrons. The van der Waals surface area contributed by atoms with E-state index in [0.717, 1.165) is 17.7 Å². The van der Waals surface area contributed by atoms with E-state index in [-0.39, 0.29) is 0 Å². The van der Waals surface area contributed by atoms with Crippen LogP contribution in [0.4, 0.5) is 0 Å². The van der Waals surface area contributed by atoms with E-state index < -0.39 is 10.4 Å². The number of aryl methyl sites for hydroxylation is 1. The Bertz CT molecular complexity index is 397. The van der Waals surface area contributed by atoms with Crippen molar-refractivity contribution in [3.8, 4) is 5.75 Å². The van der Waals surface area contributed by atoms with Gasteiger partial charge in [-0.3, -0.25) is 0 Å². The van der Waals surface area contributed by atoms with E-state index in [0.29, 0.717) is 13.0 Å². The SMILES string of the molecule is CCc1ccc2c(c1)C(Cl)(CCN)C(Cl)O2. The lowest BCUT2D eigenvalue weighted by Crippen LogP contribution is -2.30. The molecular formula is C12H15Cl2NO. The van der Waals surface area contributed by atoms with E-state index in [1.807, 2.05) is 12.1 Å². The summed E-state index contributed by atoms with van der Waals surface area (Å²) in [6.07, 6.45) is 1.58. The molecule has 1 aromatic carbocycles. The highest BCUT2D eigenvalue weighted by Gasteiger charge is 2.46. The number of alkyl halides is 2. The van der Waals surface area contributed by atoms with E-state index in [2.05, 4.69) is 13.0 Å². The predicted molar refractivity (Wildman–Crippen MR) is 67.3 cm³/mol. The Morgan fingerprint density at radius 1 is 1.50 bits per heavy atom. The molecule has 16 heavy (non-hydrogen) atoms. The molecule has 1 aromatic rings. The van der Waals surface area contributed by atoms with Gasteiger partial charge in [0.05, 0.1) is 0 Å². The highest BCUT2D eigenvalue weighted by molar-refractivity contribution is 6.32. The Balaban J connectivity index is 2.45. The van der Waals surface area contributed by atoms with Crippen LogP contribution in [0.5, 0.6) is 5.75 Å². The maximum Gasteiger partial charge on any atom is 0.195 e. The first-order valence-electron chi connectivity index (χ1n) is 5.45. The highest BCUT2D eigenvalue weighted by atomic mass is 35.5. The third-order valence-electron chi connectivity index (χ3n) is 3.00. The van der Waals surface area contributed by atoms with Gasteiger partial charge in [-0.1, -0.05) is 30.7 Å². The summed E-state index contributed by atoms with van der Waals surface area (Å²) >= 11 is 12.7. The number of fused-ring (bicyclic) bond motifs is 1. The van der Waals surface area contributed by atoms with Gasteiger partial charge < -0.3 is 10.5 Å². The van der Waals surface area contributed by atoms with Gasteiger partial charge in [0.1, 0.15) is 10.6 Å². The van der Waals surface area contributed by atoms with Crippen LogP contribution in [-0.2, 0) is 11.3 Å². The number of hydrogen-bond acceptors (Lipinski definition) is 2. The summed E-state index contributed by atoms with van der Waals surface area (Å²) in [6.45, 7) is 2.60. The molecular weight excluding hydrogens is 245 g/mol. The smallest absolute Gasteiger partial charge is 0.195 e. The molecule has 2 nitrogen and oxygen atoms in total. The van der Waals surface area contributed by atoms with Crippen LogP contribution >= 0.6 is 23.2 Å². The van der Waals surface area contributed by atoms with Crippen molar-refractivity contribution in [2.24, 2.45) is 5.73 Å². The van der Waals surface area contributed by atoms with Gasteiger partial charge in [0, 0.05) is 5.56 Å². The number of benzene rings is 1. The largest absolute Gasteiger partial charge is 0.472 e. The summed E-state index contributed by atoms with van der Waals surface area (Å²) < 4.78 is 5.55. The monoisotopic (exact) mass is 259 g/mol. The van der Waals surface area contributed by atoms with Gasteiger partial charge in [-0.15, -0.1) is 11.6 Å². The van der Waals surface area contributed by atoms with Gasteiger partial charge in [0.25, 0.3) is 0 Å². The van der Waals surface area contributed by atoms with Crippen molar-refractivity contribution in [2.75, 3.05) is 6.54 Å². The standard InChI is InChI=1S/C12H15Cl2NO/c1-2-8-3-4-10-9(7-8)12(14,5-6-15)11(13)16-10/h3-4,7,11H,2,5-6,15H2,1H3. The van der Waals surface area contributed by atoms with E-state index >= 15 is 0 Å². The first-order chi connectivity index (χ1) is 7.61. The second kappa shape index (κ2) is 4.44. The molecule has 0 aliphatic carbocycles. The fourth-order valence-corrected chi connectivity index (χ4v) is 2.63. The Hall–Kier alpha value is -0.440. The van der Waals surface area contributed by atoms with Crippen LogP contribution < -0.4 is 10.5 Å². The maximum atomic E-state index is 6.54. The summed E-state index contributed by atoms with van der Waals surface area (Å²) in [4.78, 5) is -0.684. The molecule has 0 saturated heterocycles. The number of rotatable bonds is 3. The lowest BCUT2D eigenvalue weighted by Gasteiger charge is -2.23. The third-order valence-corrected chi connectivity index (χ3v) is 4.16. The van der Waals surface area contributed by atoms with Crippen LogP contribution in [0.25, 0.3) is 0 Å². The second-order valence-corrected chi connectivity index (χ2v) is 5.09. The molecule has 2 N–H and O–H groups in total. The summed E-state index contributed by atoms with van der Waals surface area (Å²) in [7, 11) is 0. The Kier molecular flexibility index (Phi) is 3.34. The molecule has 1 aliphatic rings. The fraction of sp³-hybridized carbons (Fsp3) is 0.500. The number of ether oxygens (including phenoxy) is 1. The van der Waals surface area contributed by atoms with Crippen LogP contribution in [0.15, 0.2) is 18.2 Å². The maximum absolute atomic E-state index is 6.54. The van der Waals surface area contributed by atoms with Crippen LogP contribution in [0.3, 0.4) is 0 Å². The Morgan fingerprint density at radius 3 is 2.88 bits per heavy atom. The molecule has 2 unspecified atom stereocenters. The molecule has 2 atom stereocenters. The molecule has 0 amide bonds. The topological polar surface area (TPSA) is 35.2 Å². The Morgan fingerprint density at radius 2 is 2.25 bits per heavy atom. The molecule has 0 saturated carbocycles. The highest BCUT2D eigenvalue weighted by Crippen LogP contribution is 2.49. The Labute approximate surface area is 106 Å². The fourth-order valence-electron chi connectivity index (χ4n) is 2.01. The minimum Gasteiger partial charge on any atom is -0.472 e. The van der Waals surface area contributed by atoms with E-state index in [4.69, 9.17) is 33.7 Å². The van der Waals surface area contributed by atoms with Gasteiger partial charge in [0.2, 0.25) is 0 Å². The summed E-state index contributed by atoms with van der Waals surface area (Å²) in [5, 5.41) is 0. The molecule has 0 spiro atoms. The molecule has 0 radical (unpaired) electrons. The first kappa shape index (κ1) is 12.0. The molecule has 4 heteroatoms. The average molecular weight is 260 g/mol. The molecule has 0 bridgehead atoms. The van der Waals surface area contributed by atoms with Crippen molar-refractivity contribution in [1.82, 2.24) is 0 Å². The minimum atomic E-state index is -0.684. The van der Waals surface area contributed by atoms with Crippen molar-refractivity contribution < 1.29 is 4.74 Å². The average Bonchev–Trinajstić information content (AvgIpc) is 2.52. The lowest BCUT2D eigenvalue weighted by molar-refractivity contribution is 0.265. The molecule has 2 rings (SSSR count). The molecule has 1 aliphatic heterocycles. The molecule has 1 heterocycles. The van der Waals surface area contributed by atoms with Gasteiger partial charge in [-0.05, 0) is 31.0 Å². The summed E-state index contributed by atoms with van der Waals surface area (Å²) in [5.74, 6) is 0.778. The number of halogens is 2. The van der Waals surface area contributed by atoms with Crippen LogP contribution in [-0.4, -0.2) is 12.1 Å². The van der Waals surface area contributed by atoms with Gasteiger partial charge in [-0.2, -0.15) is 0 Å². The van der Waals surface area contributed by atoms with E-state index in [1.165, 1.54) is 5.56 Å². The second-order valence-electron chi connectivity index (χ2n) is 4.02. The van der Waals surface area contributed by atoms with E-state index in [1.54, 1.807) is 0 Å². The number of hydrogen-bond donors (Lipinski definition) is 1. The third kappa shape index (κ3) is 1.79. The van der Waals surface area contributed by atoms with Crippen molar-refractivity contribution in [2.45, 2.75) is 30.2 Å². The summed E-state index contributed by atoms with van der Waals surface area (Å²) in [5.41, 5.74) is 7.25. The van der Waals surface area contributed by atoms with Crippen molar-refractivity contribution >= 4 is 23.2 Å². The normalized spacial score (nSPS) is 27.6. The van der Waals surface area contributed by atoms with Crippen molar-refractivity contribution in [1.29, 1.82) is 0 Å². The number of nitrogens with two attached hydrogens (primary N) is 1. The van der Waals surface area contributed by atoms with Crippen LogP contribution in [0.2, 0.25) is 0 Å². The molecule has 0 fully saturated rings. The summed E-state index contributed by atoms with van der Waals surface area (Å²) in [6, 6.07) is 6.04. The van der Waals surface area contributed by atoms with Gasteiger partial charge >= 0.3 is 0 Å². The lowest BCUT2D eigenvalue weighted by atomic mass is 9.94. The zero-order valence-electron chi connectivity index (χ0n) is 9.17. The van der Waals surface area contributed by atoms with Crippen molar-refractivity contribution in [3.05, 3.63) is 29.3 Å².